The quantitative estimate of drug-likeness (QED) is 0.784. The van der Waals surface area contributed by atoms with Crippen LogP contribution in [0.25, 0.3) is 0 Å². The first-order valence-corrected chi connectivity index (χ1v) is 5.43. The Labute approximate surface area is 97.0 Å². The lowest BCUT2D eigenvalue weighted by Gasteiger charge is -2.29. The molecule has 0 saturated carbocycles. The van der Waals surface area contributed by atoms with E-state index in [1.54, 1.807) is 6.07 Å². The first-order valence-electron chi connectivity index (χ1n) is 5.06. The van der Waals surface area contributed by atoms with Gasteiger partial charge in [-0.15, -0.1) is 0 Å². The fourth-order valence-electron chi connectivity index (χ4n) is 1.63. The van der Waals surface area contributed by atoms with E-state index in [9.17, 15) is 0 Å². The number of hydrogen-bond acceptors (Lipinski definition) is 2. The monoisotopic (exact) mass is 226 g/mol. The van der Waals surface area contributed by atoms with E-state index in [0.717, 1.165) is 12.2 Å². The van der Waals surface area contributed by atoms with Gasteiger partial charge >= 0.3 is 0 Å². The molecular formula is C12H19ClN2. The van der Waals surface area contributed by atoms with Crippen molar-refractivity contribution < 1.29 is 0 Å². The Bertz CT molecular complexity index is 342. The van der Waals surface area contributed by atoms with Gasteiger partial charge in [-0.05, 0) is 23.6 Å². The molecule has 0 aromatic heterocycles. The highest BCUT2D eigenvalue weighted by Crippen LogP contribution is 2.29. The van der Waals surface area contributed by atoms with E-state index < -0.39 is 0 Å². The zero-order valence-corrected chi connectivity index (χ0v) is 10.6. The first kappa shape index (κ1) is 12.2. The number of nitrogens with zero attached hydrogens (tertiary/aromatic N) is 1. The fraction of sp³-hybridized carbons (Fsp3) is 0.500. The molecule has 0 saturated heterocycles. The van der Waals surface area contributed by atoms with Crippen LogP contribution < -0.4 is 10.6 Å². The molecule has 0 heterocycles. The van der Waals surface area contributed by atoms with Crippen LogP contribution in [0, 0.1) is 5.41 Å². The van der Waals surface area contributed by atoms with Crippen molar-refractivity contribution in [2.45, 2.75) is 20.8 Å². The minimum atomic E-state index is 0.249. The predicted octanol–water partition coefficient (Wildman–Crippen LogP) is 3.40. The van der Waals surface area contributed by atoms with Crippen LogP contribution in [-0.2, 0) is 0 Å². The number of anilines is 2. The highest BCUT2D eigenvalue weighted by molar-refractivity contribution is 6.33. The van der Waals surface area contributed by atoms with E-state index in [1.807, 2.05) is 19.2 Å². The zero-order valence-electron chi connectivity index (χ0n) is 9.84. The van der Waals surface area contributed by atoms with Gasteiger partial charge in [-0.3, -0.25) is 0 Å². The van der Waals surface area contributed by atoms with Crippen LogP contribution in [-0.4, -0.2) is 13.6 Å². The fourth-order valence-corrected chi connectivity index (χ4v) is 1.96. The van der Waals surface area contributed by atoms with Crippen LogP contribution in [0.3, 0.4) is 0 Å². The summed E-state index contributed by atoms with van der Waals surface area (Å²) in [7, 11) is 2.04. The van der Waals surface area contributed by atoms with E-state index in [0.29, 0.717) is 10.7 Å². The summed E-state index contributed by atoms with van der Waals surface area (Å²) >= 11 is 6.13. The van der Waals surface area contributed by atoms with Crippen LogP contribution in [0.1, 0.15) is 20.8 Å². The minimum absolute atomic E-state index is 0.249. The third-order valence-electron chi connectivity index (χ3n) is 2.09. The van der Waals surface area contributed by atoms with Crippen molar-refractivity contribution in [2.24, 2.45) is 5.41 Å². The normalized spacial score (nSPS) is 11.5. The second-order valence-corrected chi connectivity index (χ2v) is 5.53. The Morgan fingerprint density at radius 2 is 1.93 bits per heavy atom. The summed E-state index contributed by atoms with van der Waals surface area (Å²) in [5, 5.41) is 0.710. The van der Waals surface area contributed by atoms with Crippen LogP contribution >= 0.6 is 11.6 Å². The first-order chi connectivity index (χ1) is 6.79. The van der Waals surface area contributed by atoms with Gasteiger partial charge < -0.3 is 10.6 Å². The van der Waals surface area contributed by atoms with E-state index in [4.69, 9.17) is 17.3 Å². The number of nitrogen functional groups attached to an aromatic ring is 1. The van der Waals surface area contributed by atoms with Gasteiger partial charge in [-0.25, -0.2) is 0 Å². The van der Waals surface area contributed by atoms with Gasteiger partial charge in [-0.2, -0.15) is 0 Å². The van der Waals surface area contributed by atoms with Crippen molar-refractivity contribution >= 4 is 23.0 Å². The molecule has 0 fully saturated rings. The Hall–Kier alpha value is -0.890. The third kappa shape index (κ3) is 3.63. The summed E-state index contributed by atoms with van der Waals surface area (Å²) < 4.78 is 0. The van der Waals surface area contributed by atoms with Gasteiger partial charge in [-0.1, -0.05) is 32.4 Å². The maximum absolute atomic E-state index is 6.13. The molecule has 0 bridgehead atoms. The summed E-state index contributed by atoms with van der Waals surface area (Å²) in [6, 6.07) is 5.62. The van der Waals surface area contributed by atoms with Crippen molar-refractivity contribution in [1.29, 1.82) is 0 Å². The molecule has 1 rings (SSSR count). The number of hydrogen-bond donors (Lipinski definition) is 1. The van der Waals surface area contributed by atoms with Crippen LogP contribution in [0.4, 0.5) is 11.4 Å². The Balaban J connectivity index is 2.87. The Morgan fingerprint density at radius 1 is 1.33 bits per heavy atom. The third-order valence-corrected chi connectivity index (χ3v) is 2.40. The average molecular weight is 227 g/mol. The summed E-state index contributed by atoms with van der Waals surface area (Å²) in [5.41, 5.74) is 7.63. The molecule has 1 aromatic rings. The second-order valence-electron chi connectivity index (χ2n) is 5.13. The highest BCUT2D eigenvalue weighted by Gasteiger charge is 2.15. The van der Waals surface area contributed by atoms with E-state index in [-0.39, 0.29) is 5.41 Å². The molecule has 0 aliphatic carbocycles. The SMILES string of the molecule is CN(CC(C)(C)C)c1ccc(N)cc1Cl. The molecular weight excluding hydrogens is 208 g/mol. The zero-order chi connectivity index (χ0) is 11.6. The molecule has 0 unspecified atom stereocenters. The van der Waals surface area contributed by atoms with Gasteiger partial charge in [0.15, 0.2) is 0 Å². The molecule has 0 radical (unpaired) electrons. The van der Waals surface area contributed by atoms with E-state index in [1.165, 1.54) is 0 Å². The average Bonchev–Trinajstić information content (AvgIpc) is 1.99. The molecule has 84 valence electrons. The molecule has 2 nitrogen and oxygen atoms in total. The molecule has 0 atom stereocenters. The summed E-state index contributed by atoms with van der Waals surface area (Å²) in [6.45, 7) is 7.56. The number of rotatable bonds is 2. The predicted molar refractivity (Wildman–Crippen MR) is 68.6 cm³/mol. The number of halogens is 1. The molecule has 1 aromatic carbocycles. The Kier molecular flexibility index (Phi) is 3.50. The van der Waals surface area contributed by atoms with Gasteiger partial charge in [0.1, 0.15) is 0 Å². The highest BCUT2D eigenvalue weighted by atomic mass is 35.5. The Morgan fingerprint density at radius 3 is 2.40 bits per heavy atom. The van der Waals surface area contributed by atoms with E-state index in [2.05, 4.69) is 25.7 Å². The van der Waals surface area contributed by atoms with Gasteiger partial charge in [0, 0.05) is 19.3 Å². The minimum Gasteiger partial charge on any atom is -0.399 e. The lowest BCUT2D eigenvalue weighted by Crippen LogP contribution is -2.29. The topological polar surface area (TPSA) is 29.3 Å². The van der Waals surface area contributed by atoms with Crippen molar-refractivity contribution in [2.75, 3.05) is 24.2 Å². The lowest BCUT2D eigenvalue weighted by molar-refractivity contribution is 0.419. The van der Waals surface area contributed by atoms with Crippen LogP contribution in [0.2, 0.25) is 5.02 Å². The largest absolute Gasteiger partial charge is 0.399 e. The standard InChI is InChI=1S/C12H19ClN2/c1-12(2,3)8-15(4)11-6-5-9(14)7-10(11)13/h5-7H,8,14H2,1-4H3. The summed E-state index contributed by atoms with van der Waals surface area (Å²) in [6.07, 6.45) is 0. The molecule has 3 heteroatoms. The maximum Gasteiger partial charge on any atom is 0.0659 e. The van der Waals surface area contributed by atoms with Gasteiger partial charge in [0.2, 0.25) is 0 Å². The maximum atomic E-state index is 6.13. The molecule has 0 aliphatic heterocycles. The van der Waals surface area contributed by atoms with Crippen LogP contribution in [0.15, 0.2) is 18.2 Å². The van der Waals surface area contributed by atoms with Gasteiger partial charge in [0.05, 0.1) is 10.7 Å². The molecule has 0 aliphatic rings. The second kappa shape index (κ2) is 4.31. The number of benzene rings is 1. The molecule has 0 spiro atoms. The van der Waals surface area contributed by atoms with Crippen molar-refractivity contribution in [3.05, 3.63) is 23.2 Å². The summed E-state index contributed by atoms with van der Waals surface area (Å²) in [4.78, 5) is 2.15. The molecule has 15 heavy (non-hydrogen) atoms. The summed E-state index contributed by atoms with van der Waals surface area (Å²) in [5.74, 6) is 0. The smallest absolute Gasteiger partial charge is 0.0659 e. The van der Waals surface area contributed by atoms with Crippen LogP contribution in [0.5, 0.6) is 0 Å². The van der Waals surface area contributed by atoms with Crippen molar-refractivity contribution in [3.8, 4) is 0 Å². The van der Waals surface area contributed by atoms with Crippen molar-refractivity contribution in [1.82, 2.24) is 0 Å². The lowest BCUT2D eigenvalue weighted by atomic mass is 9.96. The van der Waals surface area contributed by atoms with Gasteiger partial charge in [0.25, 0.3) is 0 Å². The van der Waals surface area contributed by atoms with Crippen molar-refractivity contribution in [3.63, 3.8) is 0 Å². The molecule has 2 N–H and O–H groups in total. The number of nitrogens with two attached hydrogens (primary N) is 1. The molecule has 0 amide bonds. The van der Waals surface area contributed by atoms with E-state index >= 15 is 0 Å².